The Kier molecular flexibility index (Phi) is 10.4. The van der Waals surface area contributed by atoms with E-state index in [0.717, 1.165) is 0 Å². The Bertz CT molecular complexity index is 185. The van der Waals surface area contributed by atoms with Crippen LogP contribution in [0.15, 0.2) is 0 Å². The van der Waals surface area contributed by atoms with E-state index in [9.17, 15) is 4.79 Å². The molecule has 0 aromatic carbocycles. The molecule has 0 aromatic rings. The van der Waals surface area contributed by atoms with Gasteiger partial charge in [-0.05, 0) is 6.92 Å². The molecule has 16 heavy (non-hydrogen) atoms. The molecule has 0 saturated carbocycles. The van der Waals surface area contributed by atoms with Crippen LogP contribution in [0, 0.1) is 0 Å². The van der Waals surface area contributed by atoms with E-state index in [0.29, 0.717) is 0 Å². The molecule has 0 spiro atoms. The van der Waals surface area contributed by atoms with E-state index in [1.165, 1.54) is 0 Å². The zero-order valence-electron chi connectivity index (χ0n) is 8.76. The van der Waals surface area contributed by atoms with E-state index >= 15 is 0 Å². The van der Waals surface area contributed by atoms with Crippen molar-refractivity contribution in [3.8, 4) is 0 Å². The molecule has 7 N–H and O–H groups in total. The van der Waals surface area contributed by atoms with Crippen molar-refractivity contribution in [2.75, 3.05) is 13.2 Å². The van der Waals surface area contributed by atoms with Gasteiger partial charge in [-0.15, -0.1) is 0 Å². The zero-order valence-corrected chi connectivity index (χ0v) is 8.76. The van der Waals surface area contributed by atoms with Crippen LogP contribution in [0.3, 0.4) is 0 Å². The summed E-state index contributed by atoms with van der Waals surface area (Å²) in [5.74, 6) is -1.73. The molecule has 0 rings (SSSR count). The fourth-order valence-corrected chi connectivity index (χ4v) is 0.668. The van der Waals surface area contributed by atoms with E-state index in [2.05, 4.69) is 0 Å². The molecule has 0 saturated heterocycles. The SMILES string of the molecule is CCO.O=C(O)C(O)C(O)C(O)C(O)CO. The maximum atomic E-state index is 10.1. The minimum absolute atomic E-state index is 0.250. The van der Waals surface area contributed by atoms with Crippen molar-refractivity contribution in [2.45, 2.75) is 31.3 Å². The molecule has 0 heterocycles. The molecule has 0 aliphatic heterocycles. The van der Waals surface area contributed by atoms with E-state index in [1.807, 2.05) is 0 Å². The van der Waals surface area contributed by atoms with Crippen LogP contribution in [-0.4, -0.2) is 79.3 Å². The number of aliphatic hydroxyl groups excluding tert-OH is 6. The molecular formula is C8H18O8. The second-order valence-electron chi connectivity index (χ2n) is 2.83. The average molecular weight is 242 g/mol. The summed E-state index contributed by atoms with van der Waals surface area (Å²) in [6.45, 7) is 1.09. The van der Waals surface area contributed by atoms with E-state index in [1.54, 1.807) is 6.92 Å². The summed E-state index contributed by atoms with van der Waals surface area (Å²) in [5.41, 5.74) is 0. The van der Waals surface area contributed by atoms with E-state index in [4.69, 9.17) is 35.7 Å². The highest BCUT2D eigenvalue weighted by atomic mass is 16.4. The van der Waals surface area contributed by atoms with Gasteiger partial charge in [0.25, 0.3) is 0 Å². The molecule has 8 nitrogen and oxygen atoms in total. The van der Waals surface area contributed by atoms with Crippen LogP contribution < -0.4 is 0 Å². The van der Waals surface area contributed by atoms with Gasteiger partial charge in [-0.1, -0.05) is 0 Å². The van der Waals surface area contributed by atoms with Crippen molar-refractivity contribution in [2.24, 2.45) is 0 Å². The highest BCUT2D eigenvalue weighted by Crippen LogP contribution is 2.04. The Morgan fingerprint density at radius 1 is 1.06 bits per heavy atom. The highest BCUT2D eigenvalue weighted by Gasteiger charge is 2.33. The summed E-state index contributed by atoms with van der Waals surface area (Å²) in [7, 11) is 0. The molecule has 0 fully saturated rings. The van der Waals surface area contributed by atoms with Crippen molar-refractivity contribution in [1.29, 1.82) is 0 Å². The normalized spacial score (nSPS) is 17.7. The van der Waals surface area contributed by atoms with Gasteiger partial charge in [0.2, 0.25) is 0 Å². The van der Waals surface area contributed by atoms with Crippen molar-refractivity contribution < 1.29 is 40.5 Å². The van der Waals surface area contributed by atoms with Crippen LogP contribution in [0.25, 0.3) is 0 Å². The van der Waals surface area contributed by atoms with Gasteiger partial charge in [0.1, 0.15) is 18.3 Å². The second-order valence-corrected chi connectivity index (χ2v) is 2.83. The summed E-state index contributed by atoms with van der Waals surface area (Å²) < 4.78 is 0. The third-order valence-electron chi connectivity index (χ3n) is 1.51. The first-order chi connectivity index (χ1) is 7.33. The van der Waals surface area contributed by atoms with Gasteiger partial charge >= 0.3 is 5.97 Å². The van der Waals surface area contributed by atoms with Gasteiger partial charge in [0.15, 0.2) is 6.10 Å². The Balaban J connectivity index is 0. The fourth-order valence-electron chi connectivity index (χ4n) is 0.668. The Hall–Kier alpha value is -0.770. The van der Waals surface area contributed by atoms with Gasteiger partial charge in [0, 0.05) is 6.61 Å². The molecule has 0 aliphatic carbocycles. The lowest BCUT2D eigenvalue weighted by atomic mass is 10.0. The molecule has 0 bridgehead atoms. The maximum Gasteiger partial charge on any atom is 0.335 e. The molecule has 8 heteroatoms. The smallest absolute Gasteiger partial charge is 0.335 e. The summed E-state index contributed by atoms with van der Waals surface area (Å²) >= 11 is 0. The summed E-state index contributed by atoms with van der Waals surface area (Å²) in [5, 5.41) is 59.4. The predicted molar refractivity (Wildman–Crippen MR) is 51.5 cm³/mol. The molecule has 0 aliphatic rings. The third-order valence-corrected chi connectivity index (χ3v) is 1.51. The van der Waals surface area contributed by atoms with Crippen LogP contribution in [0.5, 0.6) is 0 Å². The number of aliphatic hydroxyl groups is 6. The molecule has 0 aromatic heterocycles. The summed E-state index contributed by atoms with van der Waals surface area (Å²) in [6, 6.07) is 0. The third kappa shape index (κ3) is 6.67. The van der Waals surface area contributed by atoms with Crippen LogP contribution in [0.1, 0.15) is 6.92 Å². The van der Waals surface area contributed by atoms with Gasteiger partial charge < -0.3 is 35.7 Å². The van der Waals surface area contributed by atoms with Gasteiger partial charge in [-0.25, -0.2) is 4.79 Å². The van der Waals surface area contributed by atoms with Crippen LogP contribution >= 0.6 is 0 Å². The van der Waals surface area contributed by atoms with E-state index < -0.39 is 37.0 Å². The fraction of sp³-hybridized carbons (Fsp3) is 0.875. The first-order valence-electron chi connectivity index (χ1n) is 4.50. The number of carboxylic acid groups (broad SMARTS) is 1. The van der Waals surface area contributed by atoms with Crippen LogP contribution in [0.4, 0.5) is 0 Å². The molecule has 98 valence electrons. The largest absolute Gasteiger partial charge is 0.479 e. The monoisotopic (exact) mass is 242 g/mol. The number of hydrogen-bond donors (Lipinski definition) is 7. The number of rotatable bonds is 5. The quantitative estimate of drug-likeness (QED) is 0.261. The molecular weight excluding hydrogens is 224 g/mol. The molecule has 0 amide bonds. The van der Waals surface area contributed by atoms with Gasteiger partial charge in [-0.3, -0.25) is 0 Å². The zero-order chi connectivity index (χ0) is 13.3. The Morgan fingerprint density at radius 2 is 1.44 bits per heavy atom. The van der Waals surface area contributed by atoms with Crippen molar-refractivity contribution in [1.82, 2.24) is 0 Å². The highest BCUT2D eigenvalue weighted by molar-refractivity contribution is 5.72. The van der Waals surface area contributed by atoms with Crippen molar-refractivity contribution >= 4 is 5.97 Å². The number of carbonyl (C=O) groups is 1. The molecule has 0 radical (unpaired) electrons. The molecule has 4 unspecified atom stereocenters. The van der Waals surface area contributed by atoms with Crippen molar-refractivity contribution in [3.63, 3.8) is 0 Å². The lowest BCUT2D eigenvalue weighted by Gasteiger charge is -2.23. The minimum Gasteiger partial charge on any atom is -0.479 e. The Labute approximate surface area is 92.0 Å². The Morgan fingerprint density at radius 3 is 1.69 bits per heavy atom. The predicted octanol–water partition coefficient (Wildman–Crippen LogP) is -3.49. The first-order valence-corrected chi connectivity index (χ1v) is 4.50. The van der Waals surface area contributed by atoms with Crippen molar-refractivity contribution in [3.05, 3.63) is 0 Å². The van der Waals surface area contributed by atoms with Crippen LogP contribution in [0.2, 0.25) is 0 Å². The van der Waals surface area contributed by atoms with Gasteiger partial charge in [0.05, 0.1) is 6.61 Å². The topological polar surface area (TPSA) is 159 Å². The summed E-state index contributed by atoms with van der Waals surface area (Å²) in [6.07, 6.45) is -7.84. The first kappa shape index (κ1) is 17.6. The number of hydrogen-bond acceptors (Lipinski definition) is 7. The van der Waals surface area contributed by atoms with Crippen LogP contribution in [-0.2, 0) is 4.79 Å². The second kappa shape index (κ2) is 9.46. The number of carboxylic acids is 1. The standard InChI is InChI=1S/C6H12O7.C2H6O/c7-1-2(8)3(9)4(10)5(11)6(12)13;1-2-3/h2-5,7-11H,1H2,(H,12,13);3H,2H2,1H3. The molecule has 4 atom stereocenters. The maximum absolute atomic E-state index is 10.1. The van der Waals surface area contributed by atoms with Gasteiger partial charge in [-0.2, -0.15) is 0 Å². The lowest BCUT2D eigenvalue weighted by molar-refractivity contribution is -0.164. The average Bonchev–Trinajstić information content (AvgIpc) is 2.25. The lowest BCUT2D eigenvalue weighted by Crippen LogP contribution is -2.48. The minimum atomic E-state index is -2.20. The van der Waals surface area contributed by atoms with E-state index in [-0.39, 0.29) is 6.61 Å². The number of aliphatic carboxylic acids is 1. The summed E-state index contributed by atoms with van der Waals surface area (Å²) in [4.78, 5) is 10.1.